The van der Waals surface area contributed by atoms with Gasteiger partial charge in [0.25, 0.3) is 0 Å². The first kappa shape index (κ1) is 19.4. The van der Waals surface area contributed by atoms with Gasteiger partial charge in [-0.25, -0.2) is 4.39 Å². The van der Waals surface area contributed by atoms with Crippen LogP contribution >= 0.6 is 12.4 Å². The molecular weight excluding hydrogens is 359 g/mol. The summed E-state index contributed by atoms with van der Waals surface area (Å²) >= 11 is 0. The van der Waals surface area contributed by atoms with Gasteiger partial charge in [-0.1, -0.05) is 36.4 Å². The molecule has 2 aromatic carbocycles. The van der Waals surface area contributed by atoms with Gasteiger partial charge >= 0.3 is 0 Å². The van der Waals surface area contributed by atoms with Gasteiger partial charge in [-0.15, -0.1) is 12.4 Å². The average molecular weight is 383 g/mol. The smallest absolute Gasteiger partial charge is 0.131 e. The van der Waals surface area contributed by atoms with Crippen LogP contribution in [0, 0.1) is 12.7 Å². The molecule has 140 valence electrons. The number of piperidine rings is 1. The Morgan fingerprint density at radius 3 is 2.48 bits per heavy atom. The van der Waals surface area contributed by atoms with Crippen LogP contribution < -0.4 is 4.90 Å². The van der Waals surface area contributed by atoms with Gasteiger partial charge < -0.3 is 4.90 Å². The SMILES string of the molecule is Cc1cnc(C=Cc2ccc(F)c3ccccc23)cc1N1CCCCC1.Cl. The third-order valence-corrected chi connectivity index (χ3v) is 5.13. The van der Waals surface area contributed by atoms with Crippen molar-refractivity contribution in [3.8, 4) is 0 Å². The van der Waals surface area contributed by atoms with E-state index in [2.05, 4.69) is 22.9 Å². The highest BCUT2D eigenvalue weighted by Crippen LogP contribution is 2.26. The molecular formula is C23H24ClFN2. The first-order valence-corrected chi connectivity index (χ1v) is 9.29. The summed E-state index contributed by atoms with van der Waals surface area (Å²) in [6.45, 7) is 4.37. The van der Waals surface area contributed by atoms with Crippen molar-refractivity contribution >= 4 is 41.0 Å². The van der Waals surface area contributed by atoms with E-state index < -0.39 is 0 Å². The van der Waals surface area contributed by atoms with Crippen LogP contribution in [0.15, 0.2) is 48.7 Å². The van der Waals surface area contributed by atoms with Crippen LogP contribution in [0.5, 0.6) is 0 Å². The van der Waals surface area contributed by atoms with E-state index in [0.29, 0.717) is 5.39 Å². The molecule has 4 rings (SSSR count). The number of nitrogens with zero attached hydrogens (tertiary/aromatic N) is 2. The van der Waals surface area contributed by atoms with Crippen molar-refractivity contribution in [2.75, 3.05) is 18.0 Å². The number of pyridine rings is 1. The highest BCUT2D eigenvalue weighted by Gasteiger charge is 2.13. The molecule has 1 aliphatic rings. The summed E-state index contributed by atoms with van der Waals surface area (Å²) in [6.07, 6.45) is 9.84. The van der Waals surface area contributed by atoms with Gasteiger partial charge in [0, 0.05) is 30.4 Å². The van der Waals surface area contributed by atoms with Gasteiger partial charge in [-0.3, -0.25) is 4.98 Å². The Kier molecular flexibility index (Phi) is 6.12. The number of benzene rings is 2. The fourth-order valence-electron chi connectivity index (χ4n) is 3.70. The summed E-state index contributed by atoms with van der Waals surface area (Å²) in [5, 5.41) is 1.58. The Hall–Kier alpha value is -2.39. The highest BCUT2D eigenvalue weighted by molar-refractivity contribution is 5.93. The van der Waals surface area contributed by atoms with Crippen LogP contribution in [0.4, 0.5) is 10.1 Å². The summed E-state index contributed by atoms with van der Waals surface area (Å²) < 4.78 is 14.0. The Morgan fingerprint density at radius 2 is 1.70 bits per heavy atom. The van der Waals surface area contributed by atoms with E-state index in [0.717, 1.165) is 29.7 Å². The van der Waals surface area contributed by atoms with E-state index in [9.17, 15) is 4.39 Å². The predicted octanol–water partition coefficient (Wildman–Crippen LogP) is 6.26. The van der Waals surface area contributed by atoms with Crippen molar-refractivity contribution < 1.29 is 4.39 Å². The second-order valence-electron chi connectivity index (χ2n) is 6.96. The molecule has 4 heteroatoms. The topological polar surface area (TPSA) is 16.1 Å². The van der Waals surface area contributed by atoms with Crippen LogP contribution in [0.2, 0.25) is 0 Å². The Bertz CT molecular complexity index is 962. The number of fused-ring (bicyclic) bond motifs is 1. The Labute approximate surface area is 166 Å². The maximum Gasteiger partial charge on any atom is 0.131 e. The minimum Gasteiger partial charge on any atom is -0.371 e. The maximum absolute atomic E-state index is 14.0. The van der Waals surface area contributed by atoms with Crippen molar-refractivity contribution in [3.05, 3.63) is 71.3 Å². The van der Waals surface area contributed by atoms with E-state index in [4.69, 9.17) is 0 Å². The summed E-state index contributed by atoms with van der Waals surface area (Å²) in [5.41, 5.74) is 4.44. The molecule has 0 atom stereocenters. The van der Waals surface area contributed by atoms with Crippen LogP contribution in [-0.2, 0) is 0 Å². The second-order valence-corrected chi connectivity index (χ2v) is 6.96. The van der Waals surface area contributed by atoms with Gasteiger partial charge in [0.1, 0.15) is 5.82 Å². The molecule has 1 aliphatic heterocycles. The summed E-state index contributed by atoms with van der Waals surface area (Å²) in [5.74, 6) is -0.182. The number of anilines is 1. The summed E-state index contributed by atoms with van der Waals surface area (Å²) in [7, 11) is 0. The highest BCUT2D eigenvalue weighted by atomic mass is 35.5. The largest absolute Gasteiger partial charge is 0.371 e. The summed E-state index contributed by atoms with van der Waals surface area (Å²) in [4.78, 5) is 7.02. The molecule has 0 bridgehead atoms. The molecule has 0 aliphatic carbocycles. The lowest BCUT2D eigenvalue weighted by Crippen LogP contribution is -2.30. The molecule has 0 saturated carbocycles. The average Bonchev–Trinajstić information content (AvgIpc) is 2.69. The van der Waals surface area contributed by atoms with E-state index in [1.54, 1.807) is 0 Å². The predicted molar refractivity (Wildman–Crippen MR) is 115 cm³/mol. The number of aryl methyl sites for hydroxylation is 1. The molecule has 0 N–H and O–H groups in total. The second kappa shape index (κ2) is 8.53. The zero-order chi connectivity index (χ0) is 17.9. The third-order valence-electron chi connectivity index (χ3n) is 5.13. The van der Waals surface area contributed by atoms with Crippen molar-refractivity contribution in [1.82, 2.24) is 4.98 Å². The normalized spacial score (nSPS) is 14.5. The minimum atomic E-state index is -0.182. The van der Waals surface area contributed by atoms with Gasteiger partial charge in [-0.05, 0) is 60.9 Å². The van der Waals surface area contributed by atoms with Gasteiger partial charge in [0.05, 0.1) is 5.69 Å². The molecule has 0 spiro atoms. The molecule has 2 nitrogen and oxygen atoms in total. The quantitative estimate of drug-likeness (QED) is 0.531. The molecule has 1 aromatic heterocycles. The molecule has 0 amide bonds. The van der Waals surface area contributed by atoms with Gasteiger partial charge in [-0.2, -0.15) is 0 Å². The number of halogens is 2. The third kappa shape index (κ3) is 4.14. The van der Waals surface area contributed by atoms with E-state index in [-0.39, 0.29) is 18.2 Å². The van der Waals surface area contributed by atoms with E-state index in [1.165, 1.54) is 36.6 Å². The van der Waals surface area contributed by atoms with Crippen LogP contribution in [0.3, 0.4) is 0 Å². The molecule has 0 radical (unpaired) electrons. The first-order valence-electron chi connectivity index (χ1n) is 9.29. The van der Waals surface area contributed by atoms with Gasteiger partial charge in [0.2, 0.25) is 0 Å². The number of rotatable bonds is 3. The number of hydrogen-bond donors (Lipinski definition) is 0. The van der Waals surface area contributed by atoms with Gasteiger partial charge in [0.15, 0.2) is 0 Å². The molecule has 27 heavy (non-hydrogen) atoms. The Balaban J connectivity index is 0.00000210. The molecule has 1 fully saturated rings. The lowest BCUT2D eigenvalue weighted by atomic mass is 10.0. The van der Waals surface area contributed by atoms with Crippen molar-refractivity contribution in [3.63, 3.8) is 0 Å². The molecule has 1 saturated heterocycles. The summed E-state index contributed by atoms with van der Waals surface area (Å²) in [6, 6.07) is 13.1. The first-order chi connectivity index (χ1) is 12.7. The van der Waals surface area contributed by atoms with Crippen LogP contribution in [0.1, 0.15) is 36.1 Å². The molecule has 0 unspecified atom stereocenters. The van der Waals surface area contributed by atoms with Crippen LogP contribution in [0.25, 0.3) is 22.9 Å². The van der Waals surface area contributed by atoms with E-state index >= 15 is 0 Å². The lowest BCUT2D eigenvalue weighted by Gasteiger charge is -2.30. The minimum absolute atomic E-state index is 0. The van der Waals surface area contributed by atoms with Crippen molar-refractivity contribution in [2.24, 2.45) is 0 Å². The van der Waals surface area contributed by atoms with Crippen molar-refractivity contribution in [1.29, 1.82) is 0 Å². The zero-order valence-electron chi connectivity index (χ0n) is 15.5. The zero-order valence-corrected chi connectivity index (χ0v) is 16.3. The van der Waals surface area contributed by atoms with E-state index in [1.807, 2.05) is 48.7 Å². The molecule has 3 aromatic rings. The molecule has 2 heterocycles. The monoisotopic (exact) mass is 382 g/mol. The standard InChI is InChI=1S/C23H23FN2.ClH/c1-17-16-25-19(15-23(17)26-13-5-2-6-14-26)11-9-18-10-12-22(24)21-8-4-3-7-20(18)21;/h3-4,7-12,15-16H,2,5-6,13-14H2,1H3;1H. The number of aromatic nitrogens is 1. The van der Waals surface area contributed by atoms with Crippen LogP contribution in [-0.4, -0.2) is 18.1 Å². The number of hydrogen-bond acceptors (Lipinski definition) is 2. The fourth-order valence-corrected chi connectivity index (χ4v) is 3.70. The fraction of sp³-hybridized carbons (Fsp3) is 0.261. The lowest BCUT2D eigenvalue weighted by molar-refractivity contribution is 0.577. The Morgan fingerprint density at radius 1 is 0.963 bits per heavy atom. The maximum atomic E-state index is 14.0. The van der Waals surface area contributed by atoms with Crippen molar-refractivity contribution in [2.45, 2.75) is 26.2 Å².